The molecule has 1 saturated carbocycles. The minimum atomic E-state index is -0.0385. The van der Waals surface area contributed by atoms with E-state index >= 15 is 0 Å². The van der Waals surface area contributed by atoms with Crippen molar-refractivity contribution >= 4 is 11.0 Å². The van der Waals surface area contributed by atoms with Crippen LogP contribution in [0.4, 0.5) is 0 Å². The summed E-state index contributed by atoms with van der Waals surface area (Å²) < 4.78 is 12.4. The third-order valence-electron chi connectivity index (χ3n) is 4.74. The molecule has 0 spiro atoms. The van der Waals surface area contributed by atoms with Gasteiger partial charge in [0.05, 0.1) is 13.2 Å². The molecular weight excluding hydrogens is 306 g/mol. The van der Waals surface area contributed by atoms with Crippen LogP contribution in [-0.2, 0) is 11.3 Å². The van der Waals surface area contributed by atoms with Crippen LogP contribution in [0, 0.1) is 0 Å². The van der Waals surface area contributed by atoms with Crippen molar-refractivity contribution in [3.63, 3.8) is 0 Å². The molecule has 1 fully saturated rings. The maximum Gasteiger partial charge on any atom is 0.252 e. The van der Waals surface area contributed by atoms with Crippen LogP contribution in [-0.4, -0.2) is 42.5 Å². The van der Waals surface area contributed by atoms with Gasteiger partial charge in [0.1, 0.15) is 5.65 Å². The quantitative estimate of drug-likeness (QED) is 0.876. The van der Waals surface area contributed by atoms with Crippen LogP contribution in [0.2, 0.25) is 0 Å². The Labute approximate surface area is 141 Å². The Balaban J connectivity index is 1.70. The Kier molecular flexibility index (Phi) is 5.48. The fourth-order valence-corrected chi connectivity index (χ4v) is 3.40. The monoisotopic (exact) mass is 331 g/mol. The summed E-state index contributed by atoms with van der Waals surface area (Å²) in [6.45, 7) is 1.32. The molecule has 24 heavy (non-hydrogen) atoms. The van der Waals surface area contributed by atoms with Gasteiger partial charge in [0.15, 0.2) is 0 Å². The van der Waals surface area contributed by atoms with Crippen LogP contribution >= 0.6 is 0 Å². The zero-order chi connectivity index (χ0) is 16.9. The van der Waals surface area contributed by atoms with Gasteiger partial charge in [0, 0.05) is 43.8 Å². The number of aromatic nitrogens is 2. The molecule has 2 aromatic heterocycles. The van der Waals surface area contributed by atoms with Crippen molar-refractivity contribution in [2.24, 2.45) is 0 Å². The highest BCUT2D eigenvalue weighted by Crippen LogP contribution is 2.20. The van der Waals surface area contributed by atoms with E-state index in [4.69, 9.17) is 9.47 Å². The van der Waals surface area contributed by atoms with Crippen LogP contribution in [0.25, 0.3) is 11.0 Å². The predicted octanol–water partition coefficient (Wildman–Crippen LogP) is 1.95. The first-order valence-corrected chi connectivity index (χ1v) is 8.52. The van der Waals surface area contributed by atoms with Gasteiger partial charge >= 0.3 is 0 Å². The van der Waals surface area contributed by atoms with E-state index in [0.29, 0.717) is 30.2 Å². The van der Waals surface area contributed by atoms with E-state index in [1.807, 2.05) is 12.1 Å². The number of methoxy groups -OCH3 is 2. The fraction of sp³-hybridized carbons (Fsp3) is 0.556. The van der Waals surface area contributed by atoms with E-state index in [1.165, 1.54) is 6.42 Å². The Morgan fingerprint density at radius 3 is 2.88 bits per heavy atom. The minimum absolute atomic E-state index is 0.0385. The molecule has 1 N–H and O–H groups in total. The van der Waals surface area contributed by atoms with Crippen molar-refractivity contribution in [1.82, 2.24) is 14.9 Å². The topological polar surface area (TPSA) is 65.4 Å². The normalized spacial score (nSPS) is 21.1. The van der Waals surface area contributed by atoms with Gasteiger partial charge in [-0.1, -0.05) is 0 Å². The Morgan fingerprint density at radius 2 is 2.08 bits per heavy atom. The number of pyridine rings is 2. The summed E-state index contributed by atoms with van der Waals surface area (Å²) in [4.78, 5) is 16.7. The number of fused-ring (bicyclic) bond motifs is 1. The molecule has 6 heteroatoms. The average molecular weight is 331 g/mol. The average Bonchev–Trinajstić information content (AvgIpc) is 2.63. The molecule has 0 aromatic carbocycles. The zero-order valence-corrected chi connectivity index (χ0v) is 14.3. The number of nitrogens with one attached hydrogen (secondary N) is 1. The molecule has 6 nitrogen and oxygen atoms in total. The van der Waals surface area contributed by atoms with Crippen molar-refractivity contribution in [3.8, 4) is 5.88 Å². The smallest absolute Gasteiger partial charge is 0.252 e. The fourth-order valence-electron chi connectivity index (χ4n) is 3.40. The number of hydrogen-bond donors (Lipinski definition) is 1. The summed E-state index contributed by atoms with van der Waals surface area (Å²) in [5.41, 5.74) is 0.630. The maximum atomic E-state index is 12.2. The largest absolute Gasteiger partial charge is 0.481 e. The molecule has 2 heterocycles. The van der Waals surface area contributed by atoms with Crippen molar-refractivity contribution in [2.75, 3.05) is 20.8 Å². The van der Waals surface area contributed by atoms with E-state index in [-0.39, 0.29) is 5.56 Å². The molecule has 2 atom stereocenters. The van der Waals surface area contributed by atoms with Gasteiger partial charge in [-0.05, 0) is 37.8 Å². The van der Waals surface area contributed by atoms with Crippen molar-refractivity contribution in [1.29, 1.82) is 0 Å². The van der Waals surface area contributed by atoms with Gasteiger partial charge in [0.25, 0.3) is 5.56 Å². The Hall–Kier alpha value is -1.92. The lowest BCUT2D eigenvalue weighted by Gasteiger charge is -2.29. The second-order valence-electron chi connectivity index (χ2n) is 6.27. The van der Waals surface area contributed by atoms with Gasteiger partial charge in [-0.2, -0.15) is 4.98 Å². The second-order valence-corrected chi connectivity index (χ2v) is 6.27. The molecular formula is C18H25N3O3. The maximum absolute atomic E-state index is 12.2. The van der Waals surface area contributed by atoms with Crippen LogP contribution in [0.3, 0.4) is 0 Å². The zero-order valence-electron chi connectivity index (χ0n) is 14.3. The highest BCUT2D eigenvalue weighted by molar-refractivity contribution is 5.75. The molecule has 0 amide bonds. The molecule has 1 aliphatic carbocycles. The summed E-state index contributed by atoms with van der Waals surface area (Å²) in [6.07, 6.45) is 4.87. The van der Waals surface area contributed by atoms with Gasteiger partial charge in [-0.15, -0.1) is 0 Å². The van der Waals surface area contributed by atoms with Gasteiger partial charge in [0.2, 0.25) is 5.88 Å². The lowest BCUT2D eigenvalue weighted by molar-refractivity contribution is 0.0588. The molecule has 0 radical (unpaired) electrons. The van der Waals surface area contributed by atoms with E-state index in [0.717, 1.165) is 31.2 Å². The van der Waals surface area contributed by atoms with E-state index in [2.05, 4.69) is 10.3 Å². The van der Waals surface area contributed by atoms with E-state index in [1.54, 1.807) is 30.9 Å². The molecule has 3 rings (SSSR count). The van der Waals surface area contributed by atoms with Gasteiger partial charge in [-0.25, -0.2) is 0 Å². The van der Waals surface area contributed by atoms with Crippen LogP contribution in [0.5, 0.6) is 5.88 Å². The molecule has 0 aliphatic heterocycles. The van der Waals surface area contributed by atoms with Gasteiger partial charge < -0.3 is 14.8 Å². The molecule has 130 valence electrons. The highest BCUT2D eigenvalue weighted by Gasteiger charge is 2.21. The van der Waals surface area contributed by atoms with Crippen molar-refractivity contribution in [2.45, 2.75) is 44.4 Å². The van der Waals surface area contributed by atoms with E-state index in [9.17, 15) is 4.79 Å². The summed E-state index contributed by atoms with van der Waals surface area (Å²) >= 11 is 0. The van der Waals surface area contributed by atoms with Crippen molar-refractivity contribution in [3.05, 3.63) is 34.6 Å². The lowest BCUT2D eigenvalue weighted by Crippen LogP contribution is -2.39. The molecule has 2 unspecified atom stereocenters. The SMILES string of the molecule is COc1ccc2ccc(=O)n(CCNC3CCCC(OC)C3)c2n1. The third kappa shape index (κ3) is 3.76. The van der Waals surface area contributed by atoms with Gasteiger partial charge in [-0.3, -0.25) is 9.36 Å². The first-order valence-electron chi connectivity index (χ1n) is 8.52. The summed E-state index contributed by atoms with van der Waals surface area (Å²) in [5.74, 6) is 0.519. The number of hydrogen-bond acceptors (Lipinski definition) is 5. The summed E-state index contributed by atoms with van der Waals surface area (Å²) in [6, 6.07) is 7.59. The Morgan fingerprint density at radius 1 is 1.25 bits per heavy atom. The molecule has 2 aromatic rings. The molecule has 0 saturated heterocycles. The predicted molar refractivity (Wildman–Crippen MR) is 93.6 cm³/mol. The van der Waals surface area contributed by atoms with Crippen LogP contribution < -0.4 is 15.6 Å². The van der Waals surface area contributed by atoms with E-state index < -0.39 is 0 Å². The van der Waals surface area contributed by atoms with Crippen molar-refractivity contribution < 1.29 is 9.47 Å². The first kappa shape index (κ1) is 16.9. The number of ether oxygens (including phenoxy) is 2. The second kappa shape index (κ2) is 7.77. The molecule has 0 bridgehead atoms. The first-order chi connectivity index (χ1) is 11.7. The van der Waals surface area contributed by atoms with Crippen LogP contribution in [0.15, 0.2) is 29.1 Å². The number of nitrogens with zero attached hydrogens (tertiary/aromatic N) is 2. The standard InChI is InChI=1S/C18H25N3O3/c1-23-15-5-3-4-14(12-15)19-10-11-21-17(22)9-7-13-6-8-16(24-2)20-18(13)21/h6-9,14-15,19H,3-5,10-12H2,1-2H3. The Bertz CT molecular complexity index is 744. The summed E-state index contributed by atoms with van der Waals surface area (Å²) in [5, 5.41) is 4.49. The number of rotatable bonds is 6. The minimum Gasteiger partial charge on any atom is -0.481 e. The third-order valence-corrected chi connectivity index (χ3v) is 4.74. The van der Waals surface area contributed by atoms with Crippen LogP contribution in [0.1, 0.15) is 25.7 Å². The summed E-state index contributed by atoms with van der Waals surface area (Å²) in [7, 11) is 3.36. The lowest BCUT2D eigenvalue weighted by atomic mass is 9.93. The molecule has 1 aliphatic rings. The highest BCUT2D eigenvalue weighted by atomic mass is 16.5.